The SMILES string of the molecule is CC(C)(C)C(=O)OC1CCCC2C1CCCC2C(O)(C(F)(F)F)C(F)(F)F. The molecule has 1 N–H and O–H groups in total. The van der Waals surface area contributed by atoms with E-state index in [0.29, 0.717) is 19.3 Å². The normalized spacial score (nSPS) is 30.6. The van der Waals surface area contributed by atoms with Crippen LogP contribution in [0.2, 0.25) is 0 Å². The Morgan fingerprint density at radius 3 is 1.81 bits per heavy atom. The zero-order valence-corrected chi connectivity index (χ0v) is 15.6. The van der Waals surface area contributed by atoms with E-state index in [-0.39, 0.29) is 19.3 Å². The van der Waals surface area contributed by atoms with Gasteiger partial charge >= 0.3 is 18.3 Å². The molecule has 158 valence electrons. The first-order chi connectivity index (χ1) is 12.1. The highest BCUT2D eigenvalue weighted by Gasteiger charge is 2.75. The lowest BCUT2D eigenvalue weighted by molar-refractivity contribution is -0.394. The van der Waals surface area contributed by atoms with Crippen LogP contribution in [0, 0.1) is 23.2 Å². The third-order valence-corrected chi connectivity index (χ3v) is 5.89. The van der Waals surface area contributed by atoms with Crippen molar-refractivity contribution in [2.24, 2.45) is 23.2 Å². The van der Waals surface area contributed by atoms with E-state index in [1.165, 1.54) is 0 Å². The molecule has 9 heteroatoms. The second-order valence-corrected chi connectivity index (χ2v) is 8.75. The van der Waals surface area contributed by atoms with Gasteiger partial charge < -0.3 is 9.84 Å². The van der Waals surface area contributed by atoms with Crippen molar-refractivity contribution in [3.05, 3.63) is 0 Å². The third kappa shape index (κ3) is 4.07. The van der Waals surface area contributed by atoms with E-state index in [9.17, 15) is 36.2 Å². The fourth-order valence-electron chi connectivity index (χ4n) is 4.51. The monoisotopic (exact) mass is 404 g/mol. The molecule has 0 bridgehead atoms. The van der Waals surface area contributed by atoms with E-state index >= 15 is 0 Å². The van der Waals surface area contributed by atoms with Crippen LogP contribution in [0.15, 0.2) is 0 Å². The Balaban J connectivity index is 2.33. The van der Waals surface area contributed by atoms with Gasteiger partial charge in [0.05, 0.1) is 5.41 Å². The van der Waals surface area contributed by atoms with Gasteiger partial charge in [0.1, 0.15) is 6.10 Å². The predicted molar refractivity (Wildman–Crippen MR) is 84.6 cm³/mol. The van der Waals surface area contributed by atoms with Gasteiger partial charge in [-0.05, 0) is 64.7 Å². The van der Waals surface area contributed by atoms with E-state index in [1.54, 1.807) is 20.8 Å². The molecule has 2 saturated carbocycles. The minimum atomic E-state index is -5.83. The Kier molecular flexibility index (Phi) is 5.88. The molecule has 2 fully saturated rings. The summed E-state index contributed by atoms with van der Waals surface area (Å²) in [5.74, 6) is -4.14. The molecule has 2 aliphatic rings. The van der Waals surface area contributed by atoms with E-state index in [1.807, 2.05) is 0 Å². The summed E-state index contributed by atoms with van der Waals surface area (Å²) in [5, 5.41) is 9.89. The molecule has 0 heterocycles. The van der Waals surface area contributed by atoms with E-state index in [4.69, 9.17) is 4.74 Å². The third-order valence-electron chi connectivity index (χ3n) is 5.89. The highest BCUT2D eigenvalue weighted by molar-refractivity contribution is 5.75. The predicted octanol–water partition coefficient (Wildman–Crippen LogP) is 5.02. The lowest BCUT2D eigenvalue weighted by atomic mass is 9.59. The molecule has 4 atom stereocenters. The first-order valence-electron chi connectivity index (χ1n) is 9.17. The van der Waals surface area contributed by atoms with Gasteiger partial charge in [-0.15, -0.1) is 0 Å². The number of carbonyl (C=O) groups excluding carboxylic acids is 1. The summed E-state index contributed by atoms with van der Waals surface area (Å²) in [6, 6.07) is 0. The summed E-state index contributed by atoms with van der Waals surface area (Å²) in [6.45, 7) is 4.89. The molecule has 4 unspecified atom stereocenters. The molecule has 0 spiro atoms. The van der Waals surface area contributed by atoms with Crippen LogP contribution in [0.25, 0.3) is 0 Å². The highest BCUT2D eigenvalue weighted by atomic mass is 19.4. The molecular formula is C18H26F6O3. The molecular weight excluding hydrogens is 378 g/mol. The quantitative estimate of drug-likeness (QED) is 0.520. The Bertz CT molecular complexity index is 535. The summed E-state index contributed by atoms with van der Waals surface area (Å²) >= 11 is 0. The van der Waals surface area contributed by atoms with Gasteiger partial charge in [0.25, 0.3) is 5.60 Å². The maximum absolute atomic E-state index is 13.4. The average Bonchev–Trinajstić information content (AvgIpc) is 2.50. The molecule has 0 aromatic carbocycles. The number of fused-ring (bicyclic) bond motifs is 1. The standard InChI is InChI=1S/C18H26F6O3/c1-15(2,3)14(25)27-13-9-5-6-10-11(13)7-4-8-12(10)16(26,17(19,20)21)18(22,23)24/h10-13,26H,4-9H2,1-3H3. The van der Waals surface area contributed by atoms with Crippen LogP contribution in [0.5, 0.6) is 0 Å². The van der Waals surface area contributed by atoms with Gasteiger partial charge in [-0.2, -0.15) is 26.3 Å². The van der Waals surface area contributed by atoms with Crippen molar-refractivity contribution in [1.29, 1.82) is 0 Å². The lowest BCUT2D eigenvalue weighted by Crippen LogP contribution is -2.65. The zero-order valence-electron chi connectivity index (χ0n) is 15.6. The molecule has 2 aliphatic carbocycles. The molecule has 0 aromatic rings. The summed E-state index contributed by atoms with van der Waals surface area (Å²) in [4.78, 5) is 12.2. The van der Waals surface area contributed by atoms with Crippen LogP contribution in [-0.2, 0) is 9.53 Å². The molecule has 0 saturated heterocycles. The molecule has 0 amide bonds. The maximum Gasteiger partial charge on any atom is 0.426 e. The van der Waals surface area contributed by atoms with Crippen molar-refractivity contribution < 1.29 is 41.0 Å². The zero-order chi connectivity index (χ0) is 20.8. The van der Waals surface area contributed by atoms with Crippen LogP contribution in [0.3, 0.4) is 0 Å². The number of halogens is 6. The van der Waals surface area contributed by atoms with Crippen LogP contribution in [-0.4, -0.2) is 35.1 Å². The van der Waals surface area contributed by atoms with Crippen LogP contribution in [0.1, 0.15) is 59.3 Å². The molecule has 2 rings (SSSR count). The Morgan fingerprint density at radius 2 is 1.33 bits per heavy atom. The van der Waals surface area contributed by atoms with Crippen LogP contribution >= 0.6 is 0 Å². The Labute approximate surface area is 154 Å². The second-order valence-electron chi connectivity index (χ2n) is 8.75. The van der Waals surface area contributed by atoms with E-state index < -0.39 is 53.2 Å². The Hall–Kier alpha value is -0.990. The van der Waals surface area contributed by atoms with E-state index in [0.717, 1.165) is 0 Å². The second kappa shape index (κ2) is 7.12. The van der Waals surface area contributed by atoms with Gasteiger partial charge in [0.2, 0.25) is 0 Å². The van der Waals surface area contributed by atoms with Gasteiger partial charge in [-0.3, -0.25) is 4.79 Å². The first kappa shape index (κ1) is 22.3. The largest absolute Gasteiger partial charge is 0.462 e. The highest BCUT2D eigenvalue weighted by Crippen LogP contribution is 2.57. The topological polar surface area (TPSA) is 46.5 Å². The first-order valence-corrected chi connectivity index (χ1v) is 9.17. The molecule has 27 heavy (non-hydrogen) atoms. The summed E-state index contributed by atoms with van der Waals surface area (Å²) in [5.41, 5.74) is -5.57. The number of rotatable bonds is 2. The summed E-state index contributed by atoms with van der Waals surface area (Å²) in [7, 11) is 0. The summed E-state index contributed by atoms with van der Waals surface area (Å²) < 4.78 is 85.6. The minimum absolute atomic E-state index is 0.115. The maximum atomic E-state index is 13.4. The van der Waals surface area contributed by atoms with Gasteiger partial charge in [-0.1, -0.05) is 6.42 Å². The minimum Gasteiger partial charge on any atom is -0.462 e. The van der Waals surface area contributed by atoms with Crippen LogP contribution < -0.4 is 0 Å². The number of hydrogen-bond acceptors (Lipinski definition) is 3. The molecule has 0 radical (unpaired) electrons. The van der Waals surface area contributed by atoms with Crippen LogP contribution in [0.4, 0.5) is 26.3 Å². The lowest BCUT2D eigenvalue weighted by Gasteiger charge is -2.50. The fourth-order valence-corrected chi connectivity index (χ4v) is 4.51. The van der Waals surface area contributed by atoms with Crippen molar-refractivity contribution in [2.45, 2.75) is 83.4 Å². The molecule has 0 aromatic heterocycles. The van der Waals surface area contributed by atoms with Crippen molar-refractivity contribution >= 4 is 5.97 Å². The number of esters is 1. The van der Waals surface area contributed by atoms with Gasteiger partial charge in [0, 0.05) is 5.92 Å². The van der Waals surface area contributed by atoms with Gasteiger partial charge in [0.15, 0.2) is 0 Å². The van der Waals surface area contributed by atoms with Crippen molar-refractivity contribution in [3.8, 4) is 0 Å². The number of hydrogen-bond donors (Lipinski definition) is 1. The van der Waals surface area contributed by atoms with Gasteiger partial charge in [-0.25, -0.2) is 0 Å². The molecule has 3 nitrogen and oxygen atoms in total. The average molecular weight is 404 g/mol. The number of aliphatic hydroxyl groups is 1. The van der Waals surface area contributed by atoms with E-state index in [2.05, 4.69) is 0 Å². The number of alkyl halides is 6. The molecule has 0 aliphatic heterocycles. The van der Waals surface area contributed by atoms with Crippen molar-refractivity contribution in [2.75, 3.05) is 0 Å². The van der Waals surface area contributed by atoms with Crippen molar-refractivity contribution in [1.82, 2.24) is 0 Å². The number of ether oxygens (including phenoxy) is 1. The smallest absolute Gasteiger partial charge is 0.426 e. The fraction of sp³-hybridized carbons (Fsp3) is 0.944. The summed E-state index contributed by atoms with van der Waals surface area (Å²) in [6.07, 6.45) is -11.3. The number of carbonyl (C=O) groups is 1. The van der Waals surface area contributed by atoms with Crippen molar-refractivity contribution in [3.63, 3.8) is 0 Å². The Morgan fingerprint density at radius 1 is 0.852 bits per heavy atom.